The molecule has 0 fully saturated rings. The first-order valence-electron chi connectivity index (χ1n) is 5.56. The van der Waals surface area contributed by atoms with Crippen LogP contribution in [-0.4, -0.2) is 25.2 Å². The molecule has 2 aromatic rings. The quantitative estimate of drug-likeness (QED) is 0.867. The van der Waals surface area contributed by atoms with Crippen LogP contribution in [0.1, 0.15) is 23.2 Å². The third-order valence-corrected chi connectivity index (χ3v) is 2.71. The van der Waals surface area contributed by atoms with Crippen molar-refractivity contribution in [3.8, 4) is 0 Å². The molecule has 0 atom stereocenters. The summed E-state index contributed by atoms with van der Waals surface area (Å²) in [7, 11) is 0. The van der Waals surface area contributed by atoms with Crippen LogP contribution < -0.4 is 5.56 Å². The number of hydrogen-bond donors (Lipinski definition) is 1. The number of hydrogen-bond acceptors (Lipinski definition) is 3. The number of pyridine rings is 1. The van der Waals surface area contributed by atoms with Gasteiger partial charge in [0.2, 0.25) is 0 Å². The van der Waals surface area contributed by atoms with Crippen LogP contribution in [0.2, 0.25) is 0 Å². The highest BCUT2D eigenvalue weighted by atomic mass is 16.4. The molecule has 0 saturated heterocycles. The summed E-state index contributed by atoms with van der Waals surface area (Å²) in [5, 5.41) is 9.06. The molecule has 0 radical (unpaired) electrons. The largest absolute Gasteiger partial charge is 0.477 e. The van der Waals surface area contributed by atoms with Gasteiger partial charge in [-0.25, -0.2) is 9.78 Å². The number of aromatic carboxylic acids is 1. The van der Waals surface area contributed by atoms with Gasteiger partial charge in [-0.2, -0.15) is 0 Å². The van der Waals surface area contributed by atoms with E-state index in [1.165, 1.54) is 22.8 Å². The van der Waals surface area contributed by atoms with E-state index in [9.17, 15) is 9.59 Å². The Morgan fingerprint density at radius 2 is 2.22 bits per heavy atom. The Kier molecular flexibility index (Phi) is 3.27. The molecule has 6 nitrogen and oxygen atoms in total. The Bertz CT molecular complexity index is 627. The maximum absolute atomic E-state index is 11.7. The molecule has 18 heavy (non-hydrogen) atoms. The number of carboxylic acids is 1. The van der Waals surface area contributed by atoms with E-state index in [1.807, 2.05) is 11.5 Å². The minimum absolute atomic E-state index is 0.0341. The summed E-state index contributed by atoms with van der Waals surface area (Å²) in [6.07, 6.45) is 3.43. The highest BCUT2D eigenvalue weighted by molar-refractivity contribution is 5.85. The molecule has 94 valence electrons. The summed E-state index contributed by atoms with van der Waals surface area (Å²) in [4.78, 5) is 26.9. The Morgan fingerprint density at radius 1 is 1.44 bits per heavy atom. The fourth-order valence-corrected chi connectivity index (χ4v) is 1.79. The van der Waals surface area contributed by atoms with Gasteiger partial charge in [-0.15, -0.1) is 0 Å². The Hall–Kier alpha value is -2.37. The number of aromatic nitrogens is 3. The van der Waals surface area contributed by atoms with Gasteiger partial charge in [-0.05, 0) is 13.0 Å². The summed E-state index contributed by atoms with van der Waals surface area (Å²) in [6, 6.07) is 4.18. The zero-order valence-electron chi connectivity index (χ0n) is 9.91. The topological polar surface area (TPSA) is 77.1 Å². The number of carbonyl (C=O) groups is 1. The number of carboxylic acid groups (broad SMARTS) is 1. The highest BCUT2D eigenvalue weighted by Crippen LogP contribution is 2.03. The van der Waals surface area contributed by atoms with Crippen molar-refractivity contribution in [3.05, 3.63) is 52.5 Å². The van der Waals surface area contributed by atoms with Crippen LogP contribution in [0.25, 0.3) is 0 Å². The van der Waals surface area contributed by atoms with Crippen molar-refractivity contribution in [1.82, 2.24) is 14.1 Å². The molecule has 0 spiro atoms. The van der Waals surface area contributed by atoms with Crippen molar-refractivity contribution in [2.24, 2.45) is 0 Å². The zero-order valence-corrected chi connectivity index (χ0v) is 9.91. The fourth-order valence-electron chi connectivity index (χ4n) is 1.79. The SMILES string of the molecule is CCn1ccnc1Cn1c(C(=O)O)cccc1=O. The van der Waals surface area contributed by atoms with Crippen molar-refractivity contribution in [3.63, 3.8) is 0 Å². The van der Waals surface area contributed by atoms with Crippen molar-refractivity contribution >= 4 is 5.97 Å². The van der Waals surface area contributed by atoms with Crippen LogP contribution in [0.3, 0.4) is 0 Å². The average molecular weight is 247 g/mol. The maximum Gasteiger partial charge on any atom is 0.352 e. The van der Waals surface area contributed by atoms with Crippen molar-refractivity contribution < 1.29 is 9.90 Å². The summed E-state index contributed by atoms with van der Waals surface area (Å²) < 4.78 is 3.07. The molecule has 2 heterocycles. The lowest BCUT2D eigenvalue weighted by Gasteiger charge is -2.10. The van der Waals surface area contributed by atoms with Gasteiger partial charge in [0, 0.05) is 25.0 Å². The molecule has 0 amide bonds. The van der Waals surface area contributed by atoms with Crippen molar-refractivity contribution in [2.45, 2.75) is 20.0 Å². The number of imidazole rings is 1. The van der Waals surface area contributed by atoms with Crippen LogP contribution in [0.15, 0.2) is 35.4 Å². The van der Waals surface area contributed by atoms with E-state index in [0.717, 1.165) is 6.54 Å². The minimum Gasteiger partial charge on any atom is -0.477 e. The summed E-state index contributed by atoms with van der Waals surface area (Å²) in [5.74, 6) is -0.462. The van der Waals surface area contributed by atoms with Gasteiger partial charge in [0.15, 0.2) is 0 Å². The van der Waals surface area contributed by atoms with Gasteiger partial charge >= 0.3 is 5.97 Å². The smallest absolute Gasteiger partial charge is 0.352 e. The van der Waals surface area contributed by atoms with E-state index in [0.29, 0.717) is 5.82 Å². The second-order valence-electron chi connectivity index (χ2n) is 3.77. The summed E-state index contributed by atoms with van der Waals surface area (Å²) in [6.45, 7) is 2.83. The molecular formula is C12H13N3O3. The van der Waals surface area contributed by atoms with E-state index >= 15 is 0 Å². The molecule has 2 aromatic heterocycles. The van der Waals surface area contributed by atoms with E-state index < -0.39 is 5.97 Å². The lowest BCUT2D eigenvalue weighted by molar-refractivity contribution is 0.0684. The second kappa shape index (κ2) is 4.87. The molecule has 1 N–H and O–H groups in total. The van der Waals surface area contributed by atoms with Gasteiger partial charge in [-0.3, -0.25) is 9.36 Å². The molecular weight excluding hydrogens is 234 g/mol. The third-order valence-electron chi connectivity index (χ3n) is 2.71. The average Bonchev–Trinajstić information content (AvgIpc) is 2.78. The van der Waals surface area contributed by atoms with Gasteiger partial charge in [-0.1, -0.05) is 6.07 Å². The first-order chi connectivity index (χ1) is 8.63. The van der Waals surface area contributed by atoms with Crippen LogP contribution in [0, 0.1) is 0 Å². The van der Waals surface area contributed by atoms with Crippen molar-refractivity contribution in [1.29, 1.82) is 0 Å². The van der Waals surface area contributed by atoms with Gasteiger partial charge in [0.05, 0.1) is 6.54 Å². The number of nitrogens with zero attached hydrogens (tertiary/aromatic N) is 3. The molecule has 0 aromatic carbocycles. The summed E-state index contributed by atoms with van der Waals surface area (Å²) in [5.41, 5.74) is -0.381. The molecule has 6 heteroatoms. The van der Waals surface area contributed by atoms with Crippen LogP contribution in [-0.2, 0) is 13.1 Å². The first-order valence-corrected chi connectivity index (χ1v) is 5.56. The van der Waals surface area contributed by atoms with Crippen LogP contribution >= 0.6 is 0 Å². The first kappa shape index (κ1) is 12.1. The van der Waals surface area contributed by atoms with Crippen molar-refractivity contribution in [2.75, 3.05) is 0 Å². The highest BCUT2D eigenvalue weighted by Gasteiger charge is 2.12. The Balaban J connectivity index is 2.46. The predicted octanol–water partition coefficient (Wildman–Crippen LogP) is 0.811. The van der Waals surface area contributed by atoms with Gasteiger partial charge in [0.25, 0.3) is 5.56 Å². The normalized spacial score (nSPS) is 10.5. The molecule has 0 aliphatic carbocycles. The molecule has 0 saturated carbocycles. The lowest BCUT2D eigenvalue weighted by Crippen LogP contribution is -2.26. The number of rotatable bonds is 4. The molecule has 0 unspecified atom stereocenters. The molecule has 2 rings (SSSR count). The van der Waals surface area contributed by atoms with Crippen LogP contribution in [0.4, 0.5) is 0 Å². The second-order valence-corrected chi connectivity index (χ2v) is 3.77. The van der Waals surface area contributed by atoms with E-state index in [-0.39, 0.29) is 17.8 Å². The zero-order chi connectivity index (χ0) is 13.1. The Morgan fingerprint density at radius 3 is 2.89 bits per heavy atom. The monoisotopic (exact) mass is 247 g/mol. The molecule has 0 bridgehead atoms. The summed E-state index contributed by atoms with van der Waals surface area (Å²) >= 11 is 0. The van der Waals surface area contributed by atoms with E-state index in [1.54, 1.807) is 12.4 Å². The fraction of sp³-hybridized carbons (Fsp3) is 0.250. The maximum atomic E-state index is 11.7. The van der Waals surface area contributed by atoms with E-state index in [2.05, 4.69) is 4.98 Å². The predicted molar refractivity (Wildman–Crippen MR) is 64.7 cm³/mol. The Labute approximate surface area is 103 Å². The van der Waals surface area contributed by atoms with E-state index in [4.69, 9.17) is 5.11 Å². The third kappa shape index (κ3) is 2.17. The van der Waals surface area contributed by atoms with Gasteiger partial charge in [0.1, 0.15) is 11.5 Å². The minimum atomic E-state index is -1.12. The standard InChI is InChI=1S/C12H13N3O3/c1-2-14-7-6-13-10(14)8-15-9(12(17)18)4-3-5-11(15)16/h3-7H,2,8H2,1H3,(H,17,18). The van der Waals surface area contributed by atoms with Crippen LogP contribution in [0.5, 0.6) is 0 Å². The lowest BCUT2D eigenvalue weighted by atomic mass is 10.3. The molecule has 0 aliphatic rings. The molecule has 0 aliphatic heterocycles. The number of aryl methyl sites for hydroxylation is 1. The van der Waals surface area contributed by atoms with Gasteiger partial charge < -0.3 is 9.67 Å².